The van der Waals surface area contributed by atoms with Gasteiger partial charge in [0.05, 0.1) is 21.3 Å². The molecule has 0 fully saturated rings. The first-order chi connectivity index (χ1) is 14.4. The lowest BCUT2D eigenvalue weighted by Gasteiger charge is -2.15. The lowest BCUT2D eigenvalue weighted by Crippen LogP contribution is -2.24. The Balaban J connectivity index is 2.28. The summed E-state index contributed by atoms with van der Waals surface area (Å²) in [4.78, 5) is 33.8. The molecule has 0 spiro atoms. The van der Waals surface area contributed by atoms with Crippen molar-refractivity contribution in [2.24, 2.45) is 10.8 Å². The number of nitrogens with zero attached hydrogens (tertiary/aromatic N) is 3. The summed E-state index contributed by atoms with van der Waals surface area (Å²) in [5, 5.41) is 18.0. The highest BCUT2D eigenvalue weighted by molar-refractivity contribution is 6.44. The van der Waals surface area contributed by atoms with Crippen LogP contribution in [-0.4, -0.2) is 28.0 Å². The third kappa shape index (κ3) is 6.14. The Morgan fingerprint density at radius 2 is 1.94 bits per heavy atom. The van der Waals surface area contributed by atoms with E-state index in [2.05, 4.69) is 25.5 Å². The second kappa shape index (κ2) is 9.41. The van der Waals surface area contributed by atoms with Crippen molar-refractivity contribution in [3.63, 3.8) is 0 Å². The number of nitrogens with one attached hydrogen (secondary N) is 2. The molecule has 1 heterocycles. The molecule has 0 saturated heterocycles. The van der Waals surface area contributed by atoms with Crippen LogP contribution >= 0.6 is 23.2 Å². The number of carbonyl (C=O) groups excluding carboxylic acids is 2. The number of primary amides is 1. The topological polar surface area (TPSA) is 173 Å². The molecule has 4 N–H and O–H groups in total. The third-order valence-electron chi connectivity index (χ3n) is 3.41. The SMILES string of the molecule is CC(C)(F)c1cc(Oc2c(Cl)cc(NN=C(C#N)C(=O)OC(N)=O)cc2Cl)n[nH]c1=O. The van der Waals surface area contributed by atoms with Crippen LogP contribution in [0.5, 0.6) is 11.6 Å². The molecule has 1 aromatic carbocycles. The van der Waals surface area contributed by atoms with Crippen molar-refractivity contribution >= 4 is 46.7 Å². The molecule has 31 heavy (non-hydrogen) atoms. The number of hydrogen-bond acceptors (Lipinski definition) is 9. The van der Waals surface area contributed by atoms with E-state index in [-0.39, 0.29) is 32.9 Å². The molecule has 2 rings (SSSR count). The molecule has 1 aromatic heterocycles. The molecule has 0 aliphatic rings. The van der Waals surface area contributed by atoms with Gasteiger partial charge in [-0.15, -0.1) is 5.10 Å². The summed E-state index contributed by atoms with van der Waals surface area (Å²) in [5.41, 5.74) is 3.45. The van der Waals surface area contributed by atoms with E-state index in [1.165, 1.54) is 32.0 Å². The fraction of sp³-hybridized carbons (Fsp3) is 0.176. The van der Waals surface area contributed by atoms with Crippen LogP contribution < -0.4 is 21.5 Å². The number of hydrogen-bond donors (Lipinski definition) is 3. The number of aromatic amines is 1. The zero-order valence-corrected chi connectivity index (χ0v) is 17.3. The molecule has 14 heteroatoms. The van der Waals surface area contributed by atoms with Crippen LogP contribution in [0.15, 0.2) is 28.1 Å². The molecule has 0 unspecified atom stereocenters. The van der Waals surface area contributed by atoms with Gasteiger partial charge in [0, 0.05) is 6.07 Å². The van der Waals surface area contributed by atoms with Crippen molar-refractivity contribution in [3.8, 4) is 17.7 Å². The maximum absolute atomic E-state index is 14.2. The Morgan fingerprint density at radius 3 is 2.45 bits per heavy atom. The number of rotatable bonds is 6. The Morgan fingerprint density at radius 1 is 1.32 bits per heavy atom. The van der Waals surface area contributed by atoms with Crippen molar-refractivity contribution < 1.29 is 23.5 Å². The minimum absolute atomic E-state index is 0.0579. The number of hydrazone groups is 1. The van der Waals surface area contributed by atoms with Gasteiger partial charge in [0.15, 0.2) is 5.75 Å². The zero-order chi connectivity index (χ0) is 23.3. The van der Waals surface area contributed by atoms with E-state index in [0.29, 0.717) is 0 Å². The molecule has 0 bridgehead atoms. The van der Waals surface area contributed by atoms with Gasteiger partial charge in [-0.25, -0.2) is 19.1 Å². The number of esters is 1. The standard InChI is InChI=1S/C17H13Cl2FN6O5/c1-17(2,20)8-5-12(25-26-14(8)27)30-13-9(18)3-7(4-10(13)19)23-24-11(6-21)15(28)31-16(22)29/h3-5,23H,1-2H3,(H2,22,29)(H,26,27). The second-order valence-corrected chi connectivity index (χ2v) is 7.00. The number of nitrogens with two attached hydrogens (primary N) is 1. The first kappa shape index (κ1) is 23.6. The predicted octanol–water partition coefficient (Wildman–Crippen LogP) is 2.99. The van der Waals surface area contributed by atoms with Crippen LogP contribution in [0.3, 0.4) is 0 Å². The van der Waals surface area contributed by atoms with Crippen LogP contribution in [0.4, 0.5) is 14.9 Å². The Hall–Kier alpha value is -3.69. The van der Waals surface area contributed by atoms with E-state index in [4.69, 9.17) is 38.9 Å². The number of H-pyrrole nitrogens is 1. The average Bonchev–Trinajstić information content (AvgIpc) is 2.65. The minimum atomic E-state index is -1.96. The van der Waals surface area contributed by atoms with Crippen molar-refractivity contribution in [1.82, 2.24) is 10.2 Å². The number of anilines is 1. The molecule has 0 saturated carbocycles. The van der Waals surface area contributed by atoms with Gasteiger partial charge in [-0.3, -0.25) is 10.2 Å². The molecule has 11 nitrogen and oxygen atoms in total. The highest BCUT2D eigenvalue weighted by atomic mass is 35.5. The second-order valence-electron chi connectivity index (χ2n) is 6.19. The number of amides is 1. The number of aromatic nitrogens is 2. The smallest absolute Gasteiger partial charge is 0.412 e. The maximum atomic E-state index is 14.2. The monoisotopic (exact) mass is 470 g/mol. The van der Waals surface area contributed by atoms with Crippen molar-refractivity contribution in [3.05, 3.63) is 44.2 Å². The summed E-state index contributed by atoms with van der Waals surface area (Å²) >= 11 is 12.3. The van der Waals surface area contributed by atoms with Crippen molar-refractivity contribution in [2.45, 2.75) is 19.5 Å². The van der Waals surface area contributed by atoms with Gasteiger partial charge in [-0.05, 0) is 26.0 Å². The number of alkyl halides is 1. The maximum Gasteiger partial charge on any atom is 0.412 e. The summed E-state index contributed by atoms with van der Waals surface area (Å²) in [6.45, 7) is 2.38. The highest BCUT2D eigenvalue weighted by Crippen LogP contribution is 2.38. The highest BCUT2D eigenvalue weighted by Gasteiger charge is 2.24. The first-order valence-corrected chi connectivity index (χ1v) is 8.89. The van der Waals surface area contributed by atoms with Crippen LogP contribution in [-0.2, 0) is 15.2 Å². The van der Waals surface area contributed by atoms with Gasteiger partial charge in [0.25, 0.3) is 5.56 Å². The van der Waals surface area contributed by atoms with Crippen molar-refractivity contribution in [2.75, 3.05) is 5.43 Å². The van der Waals surface area contributed by atoms with E-state index in [1.54, 1.807) is 0 Å². The van der Waals surface area contributed by atoms with Crippen molar-refractivity contribution in [1.29, 1.82) is 5.26 Å². The molecule has 0 atom stereocenters. The van der Waals surface area contributed by atoms with Gasteiger partial charge >= 0.3 is 12.1 Å². The lowest BCUT2D eigenvalue weighted by atomic mass is 10.0. The number of ether oxygens (including phenoxy) is 2. The first-order valence-electron chi connectivity index (χ1n) is 8.13. The van der Waals surface area contributed by atoms with Gasteiger partial charge in [0.1, 0.15) is 11.7 Å². The molecule has 0 aliphatic heterocycles. The third-order valence-corrected chi connectivity index (χ3v) is 3.98. The molecule has 162 valence electrons. The molecule has 0 radical (unpaired) electrons. The van der Waals surface area contributed by atoms with E-state index in [1.807, 2.05) is 0 Å². The largest absolute Gasteiger partial charge is 0.434 e. The summed E-state index contributed by atoms with van der Waals surface area (Å²) in [6.07, 6.45) is -1.41. The van der Waals surface area contributed by atoms with E-state index >= 15 is 0 Å². The number of carbonyl (C=O) groups is 2. The molecular weight excluding hydrogens is 458 g/mol. The van der Waals surface area contributed by atoms with Gasteiger partial charge in [-0.2, -0.15) is 10.4 Å². The van der Waals surface area contributed by atoms with Gasteiger partial charge in [-0.1, -0.05) is 23.2 Å². The molecule has 2 aromatic rings. The van der Waals surface area contributed by atoms with E-state index < -0.39 is 29.0 Å². The fourth-order valence-corrected chi connectivity index (χ4v) is 2.65. The summed E-state index contributed by atoms with van der Waals surface area (Å²) in [6, 6.07) is 5.06. The average molecular weight is 471 g/mol. The summed E-state index contributed by atoms with van der Waals surface area (Å²) in [5.74, 6) is -1.62. The molecule has 1 amide bonds. The van der Waals surface area contributed by atoms with Crippen LogP contribution in [0.1, 0.15) is 19.4 Å². The number of nitriles is 1. The number of halogens is 3. The van der Waals surface area contributed by atoms with Crippen LogP contribution in [0, 0.1) is 11.3 Å². The zero-order valence-electron chi connectivity index (χ0n) is 15.8. The van der Waals surface area contributed by atoms with Gasteiger partial charge < -0.3 is 15.2 Å². The lowest BCUT2D eigenvalue weighted by molar-refractivity contribution is -0.129. The summed E-state index contributed by atoms with van der Waals surface area (Å²) < 4.78 is 23.7. The molecular formula is C17H13Cl2FN6O5. The molecule has 0 aliphatic carbocycles. The quantitative estimate of drug-likeness (QED) is 0.250. The summed E-state index contributed by atoms with van der Waals surface area (Å²) in [7, 11) is 0. The Bertz CT molecular complexity index is 1150. The minimum Gasteiger partial charge on any atom is -0.434 e. The van der Waals surface area contributed by atoms with Gasteiger partial charge in [0.2, 0.25) is 11.6 Å². The predicted molar refractivity (Wildman–Crippen MR) is 108 cm³/mol. The van der Waals surface area contributed by atoms with Crippen LogP contribution in [0.25, 0.3) is 0 Å². The fourth-order valence-electron chi connectivity index (χ4n) is 2.08. The number of benzene rings is 1. The normalized spacial score (nSPS) is 11.4. The Labute approximate surface area is 183 Å². The Kier molecular flexibility index (Phi) is 7.16. The van der Waals surface area contributed by atoms with E-state index in [0.717, 1.165) is 6.07 Å². The van der Waals surface area contributed by atoms with Crippen LogP contribution in [0.2, 0.25) is 10.0 Å². The van der Waals surface area contributed by atoms with E-state index in [9.17, 15) is 18.8 Å².